The highest BCUT2D eigenvalue weighted by atomic mass is 32.2. The van der Waals surface area contributed by atoms with Crippen LogP contribution in [0.2, 0.25) is 0 Å². The van der Waals surface area contributed by atoms with Crippen LogP contribution in [0.5, 0.6) is 0 Å². The smallest absolute Gasteiger partial charge is 0.242 e. The predicted octanol–water partition coefficient (Wildman–Crippen LogP) is 0.585. The summed E-state index contributed by atoms with van der Waals surface area (Å²) in [6.45, 7) is 1.92. The van der Waals surface area contributed by atoms with Crippen LogP contribution < -0.4 is 10.0 Å². The van der Waals surface area contributed by atoms with E-state index in [1.807, 2.05) is 0 Å². The van der Waals surface area contributed by atoms with Gasteiger partial charge in [0.1, 0.15) is 22.3 Å². The number of halogens is 1. The molecule has 1 unspecified atom stereocenters. The lowest BCUT2D eigenvalue weighted by Gasteiger charge is -2.11. The number of sulfonamides is 1. The van der Waals surface area contributed by atoms with E-state index < -0.39 is 21.4 Å². The molecule has 0 bridgehead atoms. The van der Waals surface area contributed by atoms with Gasteiger partial charge >= 0.3 is 0 Å². The molecule has 2 rings (SSSR count). The molecule has 1 aliphatic heterocycles. The van der Waals surface area contributed by atoms with E-state index in [1.165, 1.54) is 12.1 Å². The highest BCUT2D eigenvalue weighted by molar-refractivity contribution is 7.89. The normalized spacial score (nSPS) is 19.3. The molecule has 102 valence electrons. The summed E-state index contributed by atoms with van der Waals surface area (Å²) in [5.74, 6) is -0.596. The zero-order valence-electron chi connectivity index (χ0n) is 10.2. The van der Waals surface area contributed by atoms with Crippen molar-refractivity contribution in [2.45, 2.75) is 11.3 Å². The van der Waals surface area contributed by atoms with Gasteiger partial charge in [-0.25, -0.2) is 17.5 Å². The van der Waals surface area contributed by atoms with Crippen molar-refractivity contribution >= 4 is 10.0 Å². The number of nitriles is 1. The van der Waals surface area contributed by atoms with E-state index in [0.717, 1.165) is 25.6 Å². The summed E-state index contributed by atoms with van der Waals surface area (Å²) in [7, 11) is -3.85. The Kier molecular flexibility index (Phi) is 4.14. The lowest BCUT2D eigenvalue weighted by atomic mass is 10.1. The molecule has 0 amide bonds. The van der Waals surface area contributed by atoms with Crippen molar-refractivity contribution < 1.29 is 12.8 Å². The SMILES string of the molecule is N#Cc1c(F)cccc1S(=O)(=O)NCC1CCNC1. The van der Waals surface area contributed by atoms with Gasteiger partial charge in [-0.15, -0.1) is 0 Å². The van der Waals surface area contributed by atoms with Gasteiger partial charge in [-0.1, -0.05) is 6.07 Å². The molecular weight excluding hydrogens is 269 g/mol. The third-order valence-corrected chi connectivity index (χ3v) is 4.57. The maximum atomic E-state index is 13.4. The van der Waals surface area contributed by atoms with E-state index in [4.69, 9.17) is 5.26 Å². The number of benzene rings is 1. The molecule has 1 aromatic carbocycles. The second-order valence-electron chi connectivity index (χ2n) is 4.44. The first-order chi connectivity index (χ1) is 9.04. The maximum Gasteiger partial charge on any atom is 0.242 e. The van der Waals surface area contributed by atoms with Gasteiger partial charge in [0.2, 0.25) is 10.0 Å². The summed E-state index contributed by atoms with van der Waals surface area (Å²) in [5, 5.41) is 12.0. The molecule has 1 aliphatic rings. The number of nitrogens with one attached hydrogen (secondary N) is 2. The Bertz CT molecular complexity index is 604. The standard InChI is InChI=1S/C12H14FN3O2S/c13-11-2-1-3-12(10(11)6-14)19(17,18)16-8-9-4-5-15-7-9/h1-3,9,15-16H,4-5,7-8H2. The van der Waals surface area contributed by atoms with Crippen LogP contribution in [0.25, 0.3) is 0 Å². The van der Waals surface area contributed by atoms with E-state index in [0.29, 0.717) is 0 Å². The first-order valence-electron chi connectivity index (χ1n) is 5.93. The number of nitrogens with zero attached hydrogens (tertiary/aromatic N) is 1. The van der Waals surface area contributed by atoms with Gasteiger partial charge in [-0.05, 0) is 37.6 Å². The molecule has 0 aromatic heterocycles. The number of hydrogen-bond donors (Lipinski definition) is 2. The van der Waals surface area contributed by atoms with Gasteiger partial charge in [0.05, 0.1) is 0 Å². The van der Waals surface area contributed by atoms with Crippen molar-refractivity contribution in [1.29, 1.82) is 5.26 Å². The zero-order valence-corrected chi connectivity index (χ0v) is 11.0. The monoisotopic (exact) mass is 283 g/mol. The first kappa shape index (κ1) is 13.9. The summed E-state index contributed by atoms with van der Waals surface area (Å²) in [5.41, 5.74) is -0.445. The number of hydrogen-bond acceptors (Lipinski definition) is 4. The van der Waals surface area contributed by atoms with Crippen molar-refractivity contribution in [2.75, 3.05) is 19.6 Å². The Labute approximate surface area is 111 Å². The Morgan fingerprint density at radius 2 is 2.32 bits per heavy atom. The van der Waals surface area contributed by atoms with Gasteiger partial charge in [0.15, 0.2) is 0 Å². The maximum absolute atomic E-state index is 13.4. The highest BCUT2D eigenvalue weighted by Gasteiger charge is 2.23. The van der Waals surface area contributed by atoms with Gasteiger partial charge in [-0.3, -0.25) is 0 Å². The molecule has 1 heterocycles. The molecule has 0 saturated carbocycles. The summed E-state index contributed by atoms with van der Waals surface area (Å²) in [4.78, 5) is -0.305. The Hall–Kier alpha value is -1.49. The summed E-state index contributed by atoms with van der Waals surface area (Å²) in [6, 6.07) is 5.17. The molecule has 0 spiro atoms. The van der Waals surface area contributed by atoms with Crippen LogP contribution >= 0.6 is 0 Å². The molecular formula is C12H14FN3O2S. The van der Waals surface area contributed by atoms with Crippen LogP contribution in [0.1, 0.15) is 12.0 Å². The van der Waals surface area contributed by atoms with Gasteiger partial charge in [0.25, 0.3) is 0 Å². The van der Waals surface area contributed by atoms with Crippen LogP contribution in [0.4, 0.5) is 4.39 Å². The Morgan fingerprint density at radius 3 is 2.95 bits per heavy atom. The average Bonchev–Trinajstić information content (AvgIpc) is 2.89. The molecule has 0 aliphatic carbocycles. The largest absolute Gasteiger partial charge is 0.316 e. The molecule has 1 fully saturated rings. The lowest BCUT2D eigenvalue weighted by Crippen LogP contribution is -2.31. The quantitative estimate of drug-likeness (QED) is 0.847. The molecule has 2 N–H and O–H groups in total. The van der Waals surface area contributed by atoms with Crippen molar-refractivity contribution in [3.8, 4) is 6.07 Å². The van der Waals surface area contributed by atoms with Crippen LogP contribution in [-0.4, -0.2) is 28.1 Å². The lowest BCUT2D eigenvalue weighted by molar-refractivity contribution is 0.537. The van der Waals surface area contributed by atoms with Crippen molar-refractivity contribution in [3.63, 3.8) is 0 Å². The third kappa shape index (κ3) is 3.10. The van der Waals surface area contributed by atoms with Crippen molar-refractivity contribution in [1.82, 2.24) is 10.0 Å². The third-order valence-electron chi connectivity index (χ3n) is 3.10. The van der Waals surface area contributed by atoms with Gasteiger partial charge in [-0.2, -0.15) is 5.26 Å². The van der Waals surface area contributed by atoms with E-state index in [2.05, 4.69) is 10.0 Å². The van der Waals surface area contributed by atoms with Crippen LogP contribution in [0.15, 0.2) is 23.1 Å². The fourth-order valence-corrected chi connectivity index (χ4v) is 3.31. The average molecular weight is 283 g/mol. The Morgan fingerprint density at radius 1 is 1.53 bits per heavy atom. The highest BCUT2D eigenvalue weighted by Crippen LogP contribution is 2.18. The molecule has 1 atom stereocenters. The van der Waals surface area contributed by atoms with Crippen LogP contribution in [-0.2, 0) is 10.0 Å². The van der Waals surface area contributed by atoms with E-state index in [9.17, 15) is 12.8 Å². The molecule has 7 heteroatoms. The van der Waals surface area contributed by atoms with Crippen LogP contribution in [0.3, 0.4) is 0 Å². The topological polar surface area (TPSA) is 82.0 Å². The van der Waals surface area contributed by atoms with E-state index in [-0.39, 0.29) is 17.4 Å². The second-order valence-corrected chi connectivity index (χ2v) is 6.17. The zero-order chi connectivity index (χ0) is 13.9. The molecule has 0 radical (unpaired) electrons. The Balaban J connectivity index is 2.20. The minimum Gasteiger partial charge on any atom is -0.316 e. The molecule has 19 heavy (non-hydrogen) atoms. The summed E-state index contributed by atoms with van der Waals surface area (Å²) in [6.07, 6.45) is 0.900. The molecule has 5 nitrogen and oxygen atoms in total. The van der Waals surface area contributed by atoms with Gasteiger partial charge < -0.3 is 5.32 Å². The minimum atomic E-state index is -3.85. The molecule has 1 saturated heterocycles. The van der Waals surface area contributed by atoms with E-state index >= 15 is 0 Å². The fraction of sp³-hybridized carbons (Fsp3) is 0.417. The summed E-state index contributed by atoms with van der Waals surface area (Å²) >= 11 is 0. The molecule has 1 aromatic rings. The minimum absolute atomic E-state index is 0.230. The first-order valence-corrected chi connectivity index (χ1v) is 7.42. The predicted molar refractivity (Wildman–Crippen MR) is 67.3 cm³/mol. The van der Waals surface area contributed by atoms with Crippen molar-refractivity contribution in [2.24, 2.45) is 5.92 Å². The summed E-state index contributed by atoms with van der Waals surface area (Å²) < 4.78 is 40.0. The van der Waals surface area contributed by atoms with Crippen molar-refractivity contribution in [3.05, 3.63) is 29.6 Å². The van der Waals surface area contributed by atoms with Gasteiger partial charge in [0, 0.05) is 6.54 Å². The van der Waals surface area contributed by atoms with Crippen LogP contribution in [0, 0.1) is 23.1 Å². The van der Waals surface area contributed by atoms with E-state index in [1.54, 1.807) is 6.07 Å². The fourth-order valence-electron chi connectivity index (χ4n) is 2.03. The second kappa shape index (κ2) is 5.65. The number of rotatable bonds is 4.